The largest absolute Gasteiger partial charge is 0.459 e. The van der Waals surface area contributed by atoms with Crippen LogP contribution in [0.2, 0.25) is 0 Å². The number of aromatic nitrogens is 1. The van der Waals surface area contributed by atoms with Gasteiger partial charge in [0.15, 0.2) is 0 Å². The van der Waals surface area contributed by atoms with Gasteiger partial charge in [-0.3, -0.25) is 4.98 Å². The fourth-order valence-electron chi connectivity index (χ4n) is 3.25. The molecule has 1 aliphatic rings. The summed E-state index contributed by atoms with van der Waals surface area (Å²) in [7, 11) is 0. The van der Waals surface area contributed by atoms with Gasteiger partial charge in [-0.05, 0) is 49.9 Å². The van der Waals surface area contributed by atoms with Crippen LogP contribution in [0.3, 0.4) is 0 Å². The van der Waals surface area contributed by atoms with E-state index in [0.717, 1.165) is 35.3 Å². The Morgan fingerprint density at radius 2 is 2.08 bits per heavy atom. The maximum atomic E-state index is 12.9. The number of carbonyl (C=O) groups is 1. The molecule has 26 heavy (non-hydrogen) atoms. The van der Waals surface area contributed by atoms with E-state index in [1.165, 1.54) is 0 Å². The number of hydrogen-bond donors (Lipinski definition) is 1. The van der Waals surface area contributed by atoms with Gasteiger partial charge >= 0.3 is 6.03 Å². The zero-order valence-electron chi connectivity index (χ0n) is 14.9. The van der Waals surface area contributed by atoms with Crippen molar-refractivity contribution in [1.29, 1.82) is 0 Å². The van der Waals surface area contributed by atoms with Crippen LogP contribution in [-0.4, -0.2) is 22.5 Å². The summed E-state index contributed by atoms with van der Waals surface area (Å²) in [5.41, 5.74) is 1.75. The number of benzene rings is 1. The van der Waals surface area contributed by atoms with E-state index in [2.05, 4.69) is 10.3 Å². The number of fused-ring (bicyclic) bond motifs is 1. The molecule has 3 aromatic rings. The second-order valence-corrected chi connectivity index (χ2v) is 6.79. The number of hydrogen-bond acceptors (Lipinski definition) is 3. The van der Waals surface area contributed by atoms with Crippen LogP contribution in [0.15, 0.2) is 59.1 Å². The highest BCUT2D eigenvalue weighted by molar-refractivity contribution is 5.78. The van der Waals surface area contributed by atoms with Gasteiger partial charge in [0.25, 0.3) is 0 Å². The standard InChI is InChI=1S/C21H23N3O2/c1-2-24(14-17-8-5-6-12-22-17)21(25)23-20(15-10-11-15)19-13-16-7-3-4-9-18(16)26-19/h3-9,12-13,15,20H,2,10-11,14H2,1H3,(H,23,25)/t20-/m0/s1. The molecule has 1 aliphatic carbocycles. The molecule has 0 unspecified atom stereocenters. The Morgan fingerprint density at radius 3 is 2.77 bits per heavy atom. The van der Waals surface area contributed by atoms with Gasteiger partial charge in [0.2, 0.25) is 0 Å². The first-order valence-electron chi connectivity index (χ1n) is 9.18. The SMILES string of the molecule is CCN(Cc1ccccn1)C(=O)N[C@H](c1cc2ccccc2o1)C1CC1. The lowest BCUT2D eigenvalue weighted by Gasteiger charge is -2.24. The molecule has 1 aromatic carbocycles. The second kappa shape index (κ2) is 7.20. The van der Waals surface area contributed by atoms with E-state index in [0.29, 0.717) is 19.0 Å². The van der Waals surface area contributed by atoms with Gasteiger partial charge in [0, 0.05) is 18.1 Å². The lowest BCUT2D eigenvalue weighted by atomic mass is 10.1. The van der Waals surface area contributed by atoms with Crippen molar-refractivity contribution in [2.45, 2.75) is 32.4 Å². The zero-order valence-corrected chi connectivity index (χ0v) is 14.9. The third-order valence-corrected chi connectivity index (χ3v) is 4.87. The van der Waals surface area contributed by atoms with Crippen LogP contribution in [0.25, 0.3) is 11.0 Å². The summed E-state index contributed by atoms with van der Waals surface area (Å²) < 4.78 is 6.02. The number of amides is 2. The number of nitrogens with one attached hydrogen (secondary N) is 1. The quantitative estimate of drug-likeness (QED) is 0.712. The van der Waals surface area contributed by atoms with Gasteiger partial charge in [0.1, 0.15) is 11.3 Å². The number of pyridine rings is 1. The second-order valence-electron chi connectivity index (χ2n) is 6.79. The van der Waals surface area contributed by atoms with Gasteiger partial charge in [0.05, 0.1) is 18.3 Å². The molecular weight excluding hydrogens is 326 g/mol. The summed E-state index contributed by atoms with van der Waals surface area (Å²) >= 11 is 0. The maximum Gasteiger partial charge on any atom is 0.318 e. The molecule has 1 saturated carbocycles. The molecule has 134 valence electrons. The van der Waals surface area contributed by atoms with E-state index in [1.54, 1.807) is 11.1 Å². The summed E-state index contributed by atoms with van der Waals surface area (Å²) in [6, 6.07) is 15.6. The molecule has 0 aliphatic heterocycles. The Bertz CT molecular complexity index is 853. The monoisotopic (exact) mass is 349 g/mol. The van der Waals surface area contributed by atoms with Gasteiger partial charge in [-0.1, -0.05) is 24.3 Å². The van der Waals surface area contributed by atoms with Crippen molar-refractivity contribution in [2.24, 2.45) is 5.92 Å². The molecule has 4 rings (SSSR count). The van der Waals surface area contributed by atoms with Crippen molar-refractivity contribution in [2.75, 3.05) is 6.54 Å². The van der Waals surface area contributed by atoms with Gasteiger partial charge in [-0.2, -0.15) is 0 Å². The van der Waals surface area contributed by atoms with Crippen molar-refractivity contribution in [1.82, 2.24) is 15.2 Å². The summed E-state index contributed by atoms with van der Waals surface area (Å²) in [6.45, 7) is 3.11. The van der Waals surface area contributed by atoms with E-state index in [9.17, 15) is 4.79 Å². The Labute approximate surface area is 153 Å². The predicted octanol–water partition coefficient (Wildman–Crippen LogP) is 4.51. The normalized spacial score (nSPS) is 15.0. The number of nitrogens with zero attached hydrogens (tertiary/aromatic N) is 2. The Hall–Kier alpha value is -2.82. The minimum absolute atomic E-state index is 0.0736. The highest BCUT2D eigenvalue weighted by Gasteiger charge is 2.36. The van der Waals surface area contributed by atoms with E-state index in [-0.39, 0.29) is 12.1 Å². The summed E-state index contributed by atoms with van der Waals surface area (Å²) in [5.74, 6) is 1.30. The first-order valence-corrected chi connectivity index (χ1v) is 9.18. The van der Waals surface area contributed by atoms with Crippen LogP contribution in [0.4, 0.5) is 4.79 Å². The molecule has 5 heteroatoms. The minimum atomic E-state index is -0.0762. The Morgan fingerprint density at radius 1 is 1.27 bits per heavy atom. The molecule has 2 heterocycles. The first kappa shape index (κ1) is 16.6. The third-order valence-electron chi connectivity index (χ3n) is 4.87. The van der Waals surface area contributed by atoms with Gasteiger partial charge in [-0.25, -0.2) is 4.79 Å². The minimum Gasteiger partial charge on any atom is -0.459 e. The lowest BCUT2D eigenvalue weighted by Crippen LogP contribution is -2.41. The van der Waals surface area contributed by atoms with Crippen LogP contribution in [0.1, 0.15) is 37.3 Å². The molecule has 1 fully saturated rings. The molecule has 0 spiro atoms. The molecule has 2 amide bonds. The van der Waals surface area contributed by atoms with Gasteiger partial charge in [-0.15, -0.1) is 0 Å². The zero-order chi connectivity index (χ0) is 17.9. The smallest absolute Gasteiger partial charge is 0.318 e. The highest BCUT2D eigenvalue weighted by atomic mass is 16.3. The van der Waals surface area contributed by atoms with E-state index >= 15 is 0 Å². The summed E-state index contributed by atoms with van der Waals surface area (Å²) in [4.78, 5) is 19.0. The molecular formula is C21H23N3O2. The number of rotatable bonds is 6. The van der Waals surface area contributed by atoms with E-state index in [4.69, 9.17) is 4.42 Å². The molecule has 2 aromatic heterocycles. The fourth-order valence-corrected chi connectivity index (χ4v) is 3.25. The van der Waals surface area contributed by atoms with Crippen molar-refractivity contribution in [3.05, 3.63) is 66.2 Å². The van der Waals surface area contributed by atoms with Crippen LogP contribution in [0, 0.1) is 5.92 Å². The van der Waals surface area contributed by atoms with E-state index < -0.39 is 0 Å². The Balaban J connectivity index is 1.51. The molecule has 0 radical (unpaired) electrons. The molecule has 0 bridgehead atoms. The van der Waals surface area contributed by atoms with Crippen molar-refractivity contribution in [3.8, 4) is 0 Å². The van der Waals surface area contributed by atoms with Crippen LogP contribution < -0.4 is 5.32 Å². The average Bonchev–Trinajstić information content (AvgIpc) is 3.42. The van der Waals surface area contributed by atoms with Crippen LogP contribution >= 0.6 is 0 Å². The highest BCUT2D eigenvalue weighted by Crippen LogP contribution is 2.42. The van der Waals surface area contributed by atoms with Crippen LogP contribution in [-0.2, 0) is 6.54 Å². The molecule has 1 N–H and O–H groups in total. The first-order chi connectivity index (χ1) is 12.7. The lowest BCUT2D eigenvalue weighted by molar-refractivity contribution is 0.189. The molecule has 5 nitrogen and oxygen atoms in total. The average molecular weight is 349 g/mol. The fraction of sp³-hybridized carbons (Fsp3) is 0.333. The van der Waals surface area contributed by atoms with Crippen molar-refractivity contribution in [3.63, 3.8) is 0 Å². The number of furan rings is 1. The topological polar surface area (TPSA) is 58.4 Å². The Kier molecular flexibility index (Phi) is 4.61. The summed E-state index contributed by atoms with van der Waals surface area (Å²) in [6.07, 6.45) is 3.99. The van der Waals surface area contributed by atoms with Gasteiger partial charge < -0.3 is 14.6 Å². The van der Waals surface area contributed by atoms with E-state index in [1.807, 2.05) is 55.5 Å². The number of carbonyl (C=O) groups excluding carboxylic acids is 1. The summed E-state index contributed by atoms with van der Waals surface area (Å²) in [5, 5.41) is 4.27. The molecule has 1 atom stereocenters. The van der Waals surface area contributed by atoms with Crippen molar-refractivity contribution < 1.29 is 9.21 Å². The number of para-hydroxylation sites is 1. The third kappa shape index (κ3) is 3.57. The van der Waals surface area contributed by atoms with Crippen LogP contribution in [0.5, 0.6) is 0 Å². The molecule has 0 saturated heterocycles. The van der Waals surface area contributed by atoms with Crippen molar-refractivity contribution >= 4 is 17.0 Å². The predicted molar refractivity (Wildman–Crippen MR) is 101 cm³/mol. The maximum absolute atomic E-state index is 12.9. The number of urea groups is 1.